The first-order chi connectivity index (χ1) is 35.8. The van der Waals surface area contributed by atoms with E-state index in [0.717, 1.165) is 6.42 Å². The molecular weight excluding hydrogens is 989 g/mol. The molecule has 77 heavy (non-hydrogen) atoms. The summed E-state index contributed by atoms with van der Waals surface area (Å²) in [6, 6.07) is -0.935. The quantitative estimate of drug-likeness (QED) is 0.0829. The lowest BCUT2D eigenvalue weighted by atomic mass is 9.65. The van der Waals surface area contributed by atoms with Gasteiger partial charge in [-0.1, -0.05) is 66.7 Å². The van der Waals surface area contributed by atoms with Gasteiger partial charge in [-0.15, -0.1) is 0 Å². The molecule has 0 amide bonds. The van der Waals surface area contributed by atoms with Crippen LogP contribution in [-0.4, -0.2) is 161 Å². The second-order valence-electron chi connectivity index (χ2n) is 25.6. The van der Waals surface area contributed by atoms with E-state index in [4.69, 9.17) is 28.4 Å². The zero-order valence-corrected chi connectivity index (χ0v) is 49.5. The van der Waals surface area contributed by atoms with Crippen LogP contribution in [0.25, 0.3) is 0 Å². The molecule has 0 aromatic carbocycles. The number of aliphatic hydroxyl groups is 3. The zero-order chi connectivity index (χ0) is 57.6. The van der Waals surface area contributed by atoms with E-state index in [9.17, 15) is 44.1 Å². The number of ketones is 1. The summed E-state index contributed by atoms with van der Waals surface area (Å²) >= 11 is 0. The highest BCUT2D eigenvalue weighted by Crippen LogP contribution is 2.46. The van der Waals surface area contributed by atoms with Gasteiger partial charge in [0.1, 0.15) is 48.1 Å². The summed E-state index contributed by atoms with van der Waals surface area (Å²) in [6.07, 6.45) is 3.34. The minimum absolute atomic E-state index is 0.00281. The van der Waals surface area contributed by atoms with Crippen molar-refractivity contribution in [1.82, 2.24) is 9.80 Å². The first-order valence-corrected chi connectivity index (χ1v) is 28.9. The molecule has 0 radical (unpaired) electrons. The number of aliphatic hydroxyl groups excluding tert-OH is 1. The highest BCUT2D eigenvalue weighted by atomic mass is 16.6. The van der Waals surface area contributed by atoms with Crippen molar-refractivity contribution in [3.63, 3.8) is 0 Å². The number of hydrogen-bond acceptors (Lipinski definition) is 17. The Kier molecular flexibility index (Phi) is 22.2. The molecule has 5 aliphatic rings. The molecule has 3 N–H and O–H groups in total. The molecule has 0 spiro atoms. The van der Waals surface area contributed by atoms with E-state index >= 15 is 0 Å². The van der Waals surface area contributed by atoms with Gasteiger partial charge in [-0.3, -0.25) is 28.8 Å². The van der Waals surface area contributed by atoms with Crippen LogP contribution in [0.2, 0.25) is 0 Å². The normalized spacial score (nSPS) is 40.0. The molecule has 2 unspecified atom stereocenters. The number of carbonyl (C=O) groups is 6. The number of likely N-dealkylation sites (N-methyl/N-ethyl adjacent to an activating group) is 2. The van der Waals surface area contributed by atoms with Crippen molar-refractivity contribution in [3.05, 3.63) is 23.8 Å². The van der Waals surface area contributed by atoms with Gasteiger partial charge < -0.3 is 53.5 Å². The minimum Gasteiger partial charge on any atom is -0.462 e. The van der Waals surface area contributed by atoms with Crippen molar-refractivity contribution < 1.29 is 72.5 Å². The summed E-state index contributed by atoms with van der Waals surface area (Å²) < 4.78 is 37.0. The maximum Gasteiger partial charge on any atom is 0.316 e. The first-order valence-electron chi connectivity index (χ1n) is 28.9. The molecule has 3 aliphatic carbocycles. The monoisotopic (exact) mass is 1090 g/mol. The number of hydrogen-bond donors (Lipinski definition) is 3. The maximum atomic E-state index is 14.4. The van der Waals surface area contributed by atoms with Gasteiger partial charge in [0.05, 0.1) is 42.5 Å². The van der Waals surface area contributed by atoms with Gasteiger partial charge in [-0.25, -0.2) is 0 Å². The number of fused-ring (bicyclic) bond motifs is 1. The molecule has 2 aliphatic heterocycles. The third kappa shape index (κ3) is 16.0. The Bertz CT molecular complexity index is 2120. The molecule has 0 aromatic rings. The molecule has 0 aromatic heterocycles. The second-order valence-corrected chi connectivity index (χ2v) is 25.6. The molecule has 20 atom stereocenters. The van der Waals surface area contributed by atoms with Crippen molar-refractivity contribution in [3.8, 4) is 0 Å². The van der Waals surface area contributed by atoms with Gasteiger partial charge in [0.15, 0.2) is 5.78 Å². The van der Waals surface area contributed by atoms with Crippen molar-refractivity contribution >= 4 is 35.6 Å². The molecule has 2 heterocycles. The van der Waals surface area contributed by atoms with Crippen molar-refractivity contribution in [1.29, 1.82) is 0 Å². The Morgan fingerprint density at radius 2 is 1.51 bits per heavy atom. The number of allylic oxidation sites excluding steroid dienone is 3. The molecular formula is C60H98N2O15. The lowest BCUT2D eigenvalue weighted by Crippen LogP contribution is -2.59. The number of nitrogens with zero attached hydrogens (tertiary/aromatic N) is 2. The van der Waals surface area contributed by atoms with Crippen LogP contribution in [0.5, 0.6) is 0 Å². The Balaban J connectivity index is 1.27. The number of esters is 5. The molecule has 1 saturated carbocycles. The van der Waals surface area contributed by atoms with Crippen molar-refractivity contribution in [2.75, 3.05) is 27.7 Å². The highest BCUT2D eigenvalue weighted by molar-refractivity contribution is 6.00. The van der Waals surface area contributed by atoms with Gasteiger partial charge in [0.25, 0.3) is 0 Å². The lowest BCUT2D eigenvalue weighted by molar-refractivity contribution is -0.208. The van der Waals surface area contributed by atoms with Crippen molar-refractivity contribution in [2.45, 2.75) is 239 Å². The summed E-state index contributed by atoms with van der Waals surface area (Å²) in [4.78, 5) is 85.7. The topological polar surface area (TPSA) is 225 Å². The van der Waals surface area contributed by atoms with Gasteiger partial charge in [-0.2, -0.15) is 0 Å². The fraction of sp³-hybridized carbons (Fsp3) is 0.833. The Morgan fingerprint density at radius 1 is 0.857 bits per heavy atom. The fourth-order valence-corrected chi connectivity index (χ4v) is 13.0. The van der Waals surface area contributed by atoms with Crippen LogP contribution in [0.3, 0.4) is 0 Å². The summed E-state index contributed by atoms with van der Waals surface area (Å²) in [5, 5.41) is 35.6. The van der Waals surface area contributed by atoms with E-state index < -0.39 is 107 Å². The maximum absolute atomic E-state index is 14.4. The number of cyclic esters (lactones) is 2. The smallest absolute Gasteiger partial charge is 0.316 e. The largest absolute Gasteiger partial charge is 0.462 e. The van der Waals surface area contributed by atoms with Crippen LogP contribution >= 0.6 is 0 Å². The van der Waals surface area contributed by atoms with Crippen LogP contribution in [0.1, 0.15) is 167 Å². The number of ether oxygens (including phenoxy) is 6. The van der Waals surface area contributed by atoms with Gasteiger partial charge in [-0.05, 0) is 149 Å². The van der Waals surface area contributed by atoms with Crippen LogP contribution in [0.15, 0.2) is 23.8 Å². The molecule has 438 valence electrons. The second kappa shape index (κ2) is 26.7. The summed E-state index contributed by atoms with van der Waals surface area (Å²) in [5.74, 6) is -5.39. The number of rotatable bonds is 15. The Hall–Kier alpha value is -3.74. The lowest BCUT2D eigenvalue weighted by Gasteiger charge is -2.47. The van der Waals surface area contributed by atoms with Gasteiger partial charge >= 0.3 is 29.8 Å². The summed E-state index contributed by atoms with van der Waals surface area (Å²) in [7, 11) is 5.55. The third-order valence-corrected chi connectivity index (χ3v) is 18.1. The van der Waals surface area contributed by atoms with Crippen LogP contribution in [0, 0.1) is 52.8 Å². The number of carbonyl (C=O) groups excluding carboxylic acids is 6. The van der Waals surface area contributed by atoms with Crippen LogP contribution < -0.4 is 0 Å². The zero-order valence-electron chi connectivity index (χ0n) is 49.5. The molecule has 3 fully saturated rings. The minimum atomic E-state index is -1.85. The van der Waals surface area contributed by atoms with E-state index in [1.165, 1.54) is 19.4 Å². The SMILES string of the molecule is CC[C@H]1OC(=O)[C@H](C)C(=O)[C@H](C)[C@@H](O[C@@H]2C[C@H](C)CC(N(C)C)[C@H]2OC(=O)CCC(=O)O[C@H]2CC(=O)O[C@H](CC[C@@H]3[C@@H]4C(=C[C@H](C)CC4OC(=O)C(C)(C)CC)C=C[C@@H]3C)C2)[C@](C)(O)C[C@@H](C)CN(C)[C@H](C)[C@@H](O)[C@]1(C)O. The molecule has 17 heteroatoms. The Labute approximate surface area is 459 Å². The van der Waals surface area contributed by atoms with Gasteiger partial charge in [0, 0.05) is 36.9 Å². The first kappa shape index (κ1) is 64.1. The highest BCUT2D eigenvalue weighted by Gasteiger charge is 2.51. The average molecular weight is 1090 g/mol. The Morgan fingerprint density at radius 3 is 2.13 bits per heavy atom. The summed E-state index contributed by atoms with van der Waals surface area (Å²) in [5.41, 5.74) is -2.95. The number of Topliss-reactive ketones (excluding diaryl/α,β-unsaturated/α-hetero) is 1. The molecule has 5 rings (SSSR count). The summed E-state index contributed by atoms with van der Waals surface area (Å²) in [6.45, 7) is 24.1. The predicted molar refractivity (Wildman–Crippen MR) is 290 cm³/mol. The van der Waals surface area contributed by atoms with E-state index in [-0.39, 0.29) is 85.7 Å². The van der Waals surface area contributed by atoms with E-state index in [2.05, 4.69) is 39.0 Å². The van der Waals surface area contributed by atoms with Crippen LogP contribution in [-0.2, 0) is 57.2 Å². The molecule has 2 saturated heterocycles. The van der Waals surface area contributed by atoms with E-state index in [1.54, 1.807) is 34.7 Å². The average Bonchev–Trinajstić information content (AvgIpc) is 3.34. The molecule has 17 nitrogen and oxygen atoms in total. The van der Waals surface area contributed by atoms with Crippen LogP contribution in [0.4, 0.5) is 0 Å². The fourth-order valence-electron chi connectivity index (χ4n) is 13.0. The predicted octanol–water partition coefficient (Wildman–Crippen LogP) is 7.33. The van der Waals surface area contributed by atoms with E-state index in [0.29, 0.717) is 45.1 Å². The van der Waals surface area contributed by atoms with Gasteiger partial charge in [0.2, 0.25) is 0 Å². The standard InChI is InChI=1S/C60H98N2O15/c1-17-47-60(13,71)54(67)39(9)62(16)32-35(5)31-59(12,70)55(37(7)52(66)38(8)56(68)76-47)74-46-28-34(4)26-44(61(14)15)53(46)77-49(64)24-23-48(63)73-42-29-41(72-50(65)30-42)21-22-43-36(6)19-20-40-25-33(3)27-45(51(40)43)75-57(69)58(10,11)18-2/h19-20,25,33-39,41-47,51,53-55,67,70-71H,17-18,21-24,26-32H2,1-16H3/t33-,34+,35+,36-,37-,38+,39+,41+,42+,43-,44?,45?,46+,47+,51-,53+,54+,55+,59+,60+/m0/s1. The van der Waals surface area contributed by atoms with Crippen molar-refractivity contribution in [2.24, 2.45) is 52.8 Å². The third-order valence-electron chi connectivity index (χ3n) is 18.1. The molecule has 0 bridgehead atoms. The van der Waals surface area contributed by atoms with E-state index in [1.807, 2.05) is 51.6 Å².